The summed E-state index contributed by atoms with van der Waals surface area (Å²) in [5.74, 6) is -1.09. The van der Waals surface area contributed by atoms with Crippen molar-refractivity contribution in [1.82, 2.24) is 0 Å². The van der Waals surface area contributed by atoms with Gasteiger partial charge in [0.05, 0.1) is 13.7 Å². The lowest BCUT2D eigenvalue weighted by Gasteiger charge is -1.96. The van der Waals surface area contributed by atoms with E-state index >= 15 is 0 Å². The highest BCUT2D eigenvalue weighted by atomic mass is 16.5. The molecule has 0 heterocycles. The van der Waals surface area contributed by atoms with E-state index in [0.29, 0.717) is 6.61 Å². The Balaban J connectivity index is 3.67. The van der Waals surface area contributed by atoms with Crippen molar-refractivity contribution in [3.05, 3.63) is 12.2 Å². The minimum absolute atomic E-state index is 0.365. The van der Waals surface area contributed by atoms with E-state index in [-0.39, 0.29) is 0 Å². The van der Waals surface area contributed by atoms with E-state index in [1.54, 1.807) is 0 Å². The van der Waals surface area contributed by atoms with Gasteiger partial charge in [-0.25, -0.2) is 9.59 Å². The number of carbonyl (C=O) groups is 2. The quantitative estimate of drug-likeness (QED) is 0.462. The number of carbonyl (C=O) groups excluding carboxylic acids is 2. The molecule has 0 aliphatic heterocycles. The summed E-state index contributed by atoms with van der Waals surface area (Å²) in [6.07, 6.45) is 2.83. The first kappa shape index (κ1) is 10.7. The SMILES string of the molecule is CCCOC(=O)/C=C\C(=O)OC. The fourth-order valence-electron chi connectivity index (χ4n) is 0.455. The van der Waals surface area contributed by atoms with Gasteiger partial charge in [-0.15, -0.1) is 0 Å². The Morgan fingerprint density at radius 2 is 1.83 bits per heavy atom. The molecule has 0 aromatic rings. The Bertz CT molecular complexity index is 183. The largest absolute Gasteiger partial charge is 0.466 e. The molecule has 0 spiro atoms. The van der Waals surface area contributed by atoms with E-state index in [2.05, 4.69) is 9.47 Å². The van der Waals surface area contributed by atoms with Crippen molar-refractivity contribution in [1.29, 1.82) is 0 Å². The van der Waals surface area contributed by atoms with Gasteiger partial charge in [0.25, 0.3) is 0 Å². The zero-order chi connectivity index (χ0) is 9.40. The van der Waals surface area contributed by atoms with E-state index in [1.807, 2.05) is 6.92 Å². The maximum atomic E-state index is 10.7. The third kappa shape index (κ3) is 5.46. The molecule has 0 saturated heterocycles. The molecule has 0 radical (unpaired) electrons. The summed E-state index contributed by atoms with van der Waals surface area (Å²) in [5.41, 5.74) is 0. The first-order chi connectivity index (χ1) is 5.70. The second-order valence-corrected chi connectivity index (χ2v) is 2.02. The van der Waals surface area contributed by atoms with Gasteiger partial charge in [-0.2, -0.15) is 0 Å². The molecule has 0 amide bonds. The van der Waals surface area contributed by atoms with Crippen LogP contribution in [0.15, 0.2) is 12.2 Å². The maximum absolute atomic E-state index is 10.7. The third-order valence-corrected chi connectivity index (χ3v) is 1.01. The summed E-state index contributed by atoms with van der Waals surface area (Å²) in [4.78, 5) is 21.2. The van der Waals surface area contributed by atoms with Gasteiger partial charge in [-0.3, -0.25) is 0 Å². The topological polar surface area (TPSA) is 52.6 Å². The van der Waals surface area contributed by atoms with E-state index in [1.165, 1.54) is 7.11 Å². The van der Waals surface area contributed by atoms with Gasteiger partial charge < -0.3 is 9.47 Å². The van der Waals surface area contributed by atoms with Crippen LogP contribution < -0.4 is 0 Å². The minimum Gasteiger partial charge on any atom is -0.466 e. The Morgan fingerprint density at radius 3 is 2.33 bits per heavy atom. The van der Waals surface area contributed by atoms with Crippen molar-refractivity contribution >= 4 is 11.9 Å². The van der Waals surface area contributed by atoms with E-state index in [4.69, 9.17) is 0 Å². The molecule has 68 valence electrons. The normalized spacial score (nSPS) is 9.83. The van der Waals surface area contributed by atoms with Crippen LogP contribution in [-0.2, 0) is 19.1 Å². The Morgan fingerprint density at radius 1 is 1.25 bits per heavy atom. The molecule has 0 unspecified atom stereocenters. The lowest BCUT2D eigenvalue weighted by molar-refractivity contribution is -0.139. The highest BCUT2D eigenvalue weighted by Gasteiger charge is 1.97. The van der Waals surface area contributed by atoms with Crippen LogP contribution in [0.5, 0.6) is 0 Å². The van der Waals surface area contributed by atoms with Crippen LogP contribution in [0.2, 0.25) is 0 Å². The van der Waals surface area contributed by atoms with Crippen molar-refractivity contribution in [2.24, 2.45) is 0 Å². The highest BCUT2D eigenvalue weighted by molar-refractivity contribution is 5.91. The van der Waals surface area contributed by atoms with Crippen molar-refractivity contribution in [2.75, 3.05) is 13.7 Å². The molecule has 0 rings (SSSR count). The van der Waals surface area contributed by atoms with Gasteiger partial charge in [0.15, 0.2) is 0 Å². The van der Waals surface area contributed by atoms with Crippen LogP contribution in [0.1, 0.15) is 13.3 Å². The fraction of sp³-hybridized carbons (Fsp3) is 0.500. The van der Waals surface area contributed by atoms with Gasteiger partial charge in [-0.1, -0.05) is 6.92 Å². The Hall–Kier alpha value is -1.32. The van der Waals surface area contributed by atoms with Crippen LogP contribution in [0.3, 0.4) is 0 Å². The molecule has 0 N–H and O–H groups in total. The third-order valence-electron chi connectivity index (χ3n) is 1.01. The van der Waals surface area contributed by atoms with Gasteiger partial charge in [0.1, 0.15) is 0 Å². The van der Waals surface area contributed by atoms with Crippen molar-refractivity contribution < 1.29 is 19.1 Å². The predicted octanol–water partition coefficient (Wildman–Crippen LogP) is 0.669. The zero-order valence-electron chi connectivity index (χ0n) is 7.20. The molecule has 0 atom stereocenters. The van der Waals surface area contributed by atoms with E-state index in [9.17, 15) is 9.59 Å². The monoisotopic (exact) mass is 172 g/mol. The van der Waals surface area contributed by atoms with Crippen molar-refractivity contribution in [3.63, 3.8) is 0 Å². The molecule has 0 saturated carbocycles. The lowest BCUT2D eigenvalue weighted by atomic mass is 10.5. The summed E-state index contributed by atoms with van der Waals surface area (Å²) in [5, 5.41) is 0. The number of hydrogen-bond donors (Lipinski definition) is 0. The highest BCUT2D eigenvalue weighted by Crippen LogP contribution is 1.85. The molecule has 0 bridgehead atoms. The maximum Gasteiger partial charge on any atom is 0.331 e. The first-order valence-corrected chi connectivity index (χ1v) is 3.63. The second kappa shape index (κ2) is 6.39. The molecule has 4 heteroatoms. The molecule has 4 nitrogen and oxygen atoms in total. The van der Waals surface area contributed by atoms with Crippen LogP contribution in [0.4, 0.5) is 0 Å². The lowest BCUT2D eigenvalue weighted by Crippen LogP contribution is -2.03. The number of ether oxygens (including phenoxy) is 2. The second-order valence-electron chi connectivity index (χ2n) is 2.02. The summed E-state index contributed by atoms with van der Waals surface area (Å²) >= 11 is 0. The standard InChI is InChI=1S/C8H12O4/c1-3-6-12-8(10)5-4-7(9)11-2/h4-5H,3,6H2,1-2H3/b5-4-. The molecular weight excluding hydrogens is 160 g/mol. The van der Waals surface area contributed by atoms with Gasteiger partial charge in [-0.05, 0) is 6.42 Å². The van der Waals surface area contributed by atoms with Crippen LogP contribution in [0, 0.1) is 0 Å². The first-order valence-electron chi connectivity index (χ1n) is 3.63. The van der Waals surface area contributed by atoms with E-state index in [0.717, 1.165) is 18.6 Å². The van der Waals surface area contributed by atoms with Crippen molar-refractivity contribution in [3.8, 4) is 0 Å². The molecular formula is C8H12O4. The van der Waals surface area contributed by atoms with Crippen LogP contribution >= 0.6 is 0 Å². The van der Waals surface area contributed by atoms with Gasteiger partial charge in [0, 0.05) is 12.2 Å². The molecule has 0 aromatic heterocycles. The predicted molar refractivity (Wildman–Crippen MR) is 42.4 cm³/mol. The number of methoxy groups -OCH3 is 1. The number of esters is 2. The number of hydrogen-bond acceptors (Lipinski definition) is 4. The van der Waals surface area contributed by atoms with Crippen LogP contribution in [0.25, 0.3) is 0 Å². The van der Waals surface area contributed by atoms with Crippen LogP contribution in [-0.4, -0.2) is 25.7 Å². The smallest absolute Gasteiger partial charge is 0.331 e. The Kier molecular flexibility index (Phi) is 5.69. The fourth-order valence-corrected chi connectivity index (χ4v) is 0.455. The average Bonchev–Trinajstić information content (AvgIpc) is 2.10. The van der Waals surface area contributed by atoms with E-state index < -0.39 is 11.9 Å². The zero-order valence-corrected chi connectivity index (χ0v) is 7.20. The average molecular weight is 172 g/mol. The Labute approximate surface area is 71.2 Å². The number of rotatable bonds is 4. The van der Waals surface area contributed by atoms with Gasteiger partial charge in [0.2, 0.25) is 0 Å². The molecule has 0 aliphatic carbocycles. The molecule has 12 heavy (non-hydrogen) atoms. The minimum atomic E-state index is -0.566. The summed E-state index contributed by atoms with van der Waals surface area (Å²) in [7, 11) is 1.24. The summed E-state index contributed by atoms with van der Waals surface area (Å²) < 4.78 is 8.92. The van der Waals surface area contributed by atoms with Crippen molar-refractivity contribution in [2.45, 2.75) is 13.3 Å². The molecule has 0 fully saturated rings. The van der Waals surface area contributed by atoms with Gasteiger partial charge >= 0.3 is 11.9 Å². The summed E-state index contributed by atoms with van der Waals surface area (Å²) in [6.45, 7) is 2.25. The summed E-state index contributed by atoms with van der Waals surface area (Å²) in [6, 6.07) is 0. The molecule has 0 aromatic carbocycles. The molecule has 0 aliphatic rings.